The van der Waals surface area contributed by atoms with Gasteiger partial charge in [-0.1, -0.05) is 36.4 Å². The summed E-state index contributed by atoms with van der Waals surface area (Å²) in [4.78, 5) is 0. The molecule has 2 nitrogen and oxygen atoms in total. The highest BCUT2D eigenvalue weighted by Gasteiger charge is 2.10. The molecular formula is C16H19NO. The van der Waals surface area contributed by atoms with Gasteiger partial charge >= 0.3 is 0 Å². The van der Waals surface area contributed by atoms with E-state index in [2.05, 4.69) is 30.4 Å². The van der Waals surface area contributed by atoms with Gasteiger partial charge in [0.15, 0.2) is 0 Å². The van der Waals surface area contributed by atoms with Crippen LogP contribution in [0.15, 0.2) is 54.6 Å². The van der Waals surface area contributed by atoms with E-state index in [1.54, 1.807) is 0 Å². The fourth-order valence-corrected chi connectivity index (χ4v) is 1.99. The molecular weight excluding hydrogens is 222 g/mol. The lowest BCUT2D eigenvalue weighted by atomic mass is 10.1. The fraction of sp³-hybridized carbons (Fsp3) is 0.250. The Morgan fingerprint density at radius 1 is 1.00 bits per heavy atom. The smallest absolute Gasteiger partial charge is 0.124 e. The molecule has 0 radical (unpaired) electrons. The lowest BCUT2D eigenvalue weighted by molar-refractivity contribution is 0.335. The Morgan fingerprint density at radius 3 is 2.39 bits per heavy atom. The van der Waals surface area contributed by atoms with Crippen LogP contribution in [0.5, 0.6) is 5.75 Å². The van der Waals surface area contributed by atoms with Crippen molar-refractivity contribution in [1.82, 2.24) is 0 Å². The highest BCUT2D eigenvalue weighted by Crippen LogP contribution is 2.27. The number of nitrogens with one attached hydrogen (secondary N) is 1. The van der Waals surface area contributed by atoms with Gasteiger partial charge in [-0.25, -0.2) is 0 Å². The van der Waals surface area contributed by atoms with Gasteiger partial charge in [-0.15, -0.1) is 0 Å². The van der Waals surface area contributed by atoms with Crippen molar-refractivity contribution in [3.05, 3.63) is 60.2 Å². The number of ether oxygens (including phenoxy) is 1. The lowest BCUT2D eigenvalue weighted by Crippen LogP contribution is -2.08. The van der Waals surface area contributed by atoms with Gasteiger partial charge in [0.05, 0.1) is 12.6 Å². The van der Waals surface area contributed by atoms with Crippen molar-refractivity contribution in [2.45, 2.75) is 19.9 Å². The van der Waals surface area contributed by atoms with E-state index in [1.807, 2.05) is 43.3 Å². The van der Waals surface area contributed by atoms with Crippen LogP contribution in [-0.2, 0) is 0 Å². The summed E-state index contributed by atoms with van der Waals surface area (Å²) in [6.45, 7) is 4.84. The molecule has 0 saturated carbocycles. The maximum atomic E-state index is 5.66. The van der Waals surface area contributed by atoms with Crippen molar-refractivity contribution in [2.24, 2.45) is 0 Å². The van der Waals surface area contributed by atoms with E-state index in [9.17, 15) is 0 Å². The van der Waals surface area contributed by atoms with Gasteiger partial charge in [-0.05, 0) is 32.0 Å². The van der Waals surface area contributed by atoms with Crippen molar-refractivity contribution >= 4 is 5.69 Å². The first-order valence-corrected chi connectivity index (χ1v) is 6.34. The summed E-state index contributed by atoms with van der Waals surface area (Å²) in [5, 5.41) is 3.48. The second-order valence-electron chi connectivity index (χ2n) is 4.20. The molecule has 0 aliphatic rings. The summed E-state index contributed by atoms with van der Waals surface area (Å²) in [5.74, 6) is 0.955. The largest absolute Gasteiger partial charge is 0.494 e. The number of hydrogen-bond acceptors (Lipinski definition) is 2. The van der Waals surface area contributed by atoms with Crippen LogP contribution in [0.2, 0.25) is 0 Å². The molecule has 18 heavy (non-hydrogen) atoms. The zero-order valence-electron chi connectivity index (χ0n) is 10.9. The van der Waals surface area contributed by atoms with Crippen LogP contribution in [0.1, 0.15) is 25.5 Å². The zero-order chi connectivity index (χ0) is 12.8. The lowest BCUT2D eigenvalue weighted by Gasteiger charge is -2.18. The predicted molar refractivity (Wildman–Crippen MR) is 76.1 cm³/mol. The molecule has 0 aromatic heterocycles. The van der Waals surface area contributed by atoms with Gasteiger partial charge in [0.25, 0.3) is 0 Å². The third-order valence-corrected chi connectivity index (χ3v) is 2.84. The molecule has 1 unspecified atom stereocenters. The van der Waals surface area contributed by atoms with Gasteiger partial charge in [0.1, 0.15) is 5.75 Å². The summed E-state index contributed by atoms with van der Waals surface area (Å²) >= 11 is 0. The van der Waals surface area contributed by atoms with E-state index in [0.29, 0.717) is 6.61 Å². The zero-order valence-corrected chi connectivity index (χ0v) is 10.9. The van der Waals surface area contributed by atoms with E-state index in [1.165, 1.54) is 5.56 Å². The molecule has 0 aliphatic heterocycles. The minimum atomic E-state index is 0.218. The Labute approximate surface area is 109 Å². The number of para-hydroxylation sites is 2. The molecule has 0 heterocycles. The van der Waals surface area contributed by atoms with Gasteiger partial charge in [-0.3, -0.25) is 0 Å². The van der Waals surface area contributed by atoms with E-state index in [4.69, 9.17) is 4.74 Å². The van der Waals surface area contributed by atoms with Crippen molar-refractivity contribution in [3.63, 3.8) is 0 Å². The van der Waals surface area contributed by atoms with Crippen molar-refractivity contribution < 1.29 is 4.74 Å². The van der Waals surface area contributed by atoms with Crippen LogP contribution in [0, 0.1) is 0 Å². The topological polar surface area (TPSA) is 21.3 Å². The average molecular weight is 241 g/mol. The highest BCUT2D eigenvalue weighted by atomic mass is 16.5. The van der Waals surface area contributed by atoms with E-state index >= 15 is 0 Å². The third kappa shape index (κ3) is 3.04. The Balaban J connectivity index is 2.16. The fourth-order valence-electron chi connectivity index (χ4n) is 1.99. The van der Waals surface area contributed by atoms with Crippen molar-refractivity contribution in [3.8, 4) is 5.75 Å². The highest BCUT2D eigenvalue weighted by molar-refractivity contribution is 5.47. The van der Waals surface area contributed by atoms with E-state index in [0.717, 1.165) is 11.4 Å². The van der Waals surface area contributed by atoms with Crippen LogP contribution in [0.3, 0.4) is 0 Å². The predicted octanol–water partition coefficient (Wildman–Crippen LogP) is 4.26. The number of benzene rings is 2. The molecule has 0 fully saturated rings. The summed E-state index contributed by atoms with van der Waals surface area (Å²) in [6.07, 6.45) is 0. The first kappa shape index (κ1) is 12.5. The Hall–Kier alpha value is -1.96. The molecule has 1 N–H and O–H groups in total. The van der Waals surface area contributed by atoms with Gasteiger partial charge in [-0.2, -0.15) is 0 Å². The van der Waals surface area contributed by atoms with E-state index in [-0.39, 0.29) is 6.04 Å². The third-order valence-electron chi connectivity index (χ3n) is 2.84. The van der Waals surface area contributed by atoms with Crippen LogP contribution in [-0.4, -0.2) is 6.61 Å². The molecule has 2 aromatic rings. The molecule has 0 bridgehead atoms. The summed E-state index contributed by atoms with van der Waals surface area (Å²) < 4.78 is 5.66. The van der Waals surface area contributed by atoms with Crippen LogP contribution < -0.4 is 10.1 Å². The molecule has 2 rings (SSSR count). The minimum Gasteiger partial charge on any atom is -0.494 e. The average Bonchev–Trinajstić information content (AvgIpc) is 2.41. The maximum absolute atomic E-state index is 5.66. The summed E-state index contributed by atoms with van der Waals surface area (Å²) in [6, 6.07) is 18.6. The van der Waals surface area contributed by atoms with Crippen LogP contribution in [0.25, 0.3) is 0 Å². The molecule has 0 aliphatic carbocycles. The van der Waals surface area contributed by atoms with Gasteiger partial charge in [0, 0.05) is 11.3 Å². The van der Waals surface area contributed by atoms with Gasteiger partial charge in [0.2, 0.25) is 0 Å². The first-order valence-electron chi connectivity index (χ1n) is 6.34. The molecule has 0 saturated heterocycles. The molecule has 94 valence electrons. The van der Waals surface area contributed by atoms with E-state index < -0.39 is 0 Å². The molecule has 2 heteroatoms. The number of anilines is 1. The normalized spacial score (nSPS) is 11.9. The minimum absolute atomic E-state index is 0.218. The quantitative estimate of drug-likeness (QED) is 0.844. The number of rotatable bonds is 5. The van der Waals surface area contributed by atoms with Crippen LogP contribution >= 0.6 is 0 Å². The second-order valence-corrected chi connectivity index (χ2v) is 4.20. The molecule has 0 amide bonds. The van der Waals surface area contributed by atoms with Crippen LogP contribution in [0.4, 0.5) is 5.69 Å². The van der Waals surface area contributed by atoms with Gasteiger partial charge < -0.3 is 10.1 Å². The SMILES string of the molecule is CCOc1ccccc1C(C)Nc1ccccc1. The van der Waals surface area contributed by atoms with Crippen molar-refractivity contribution in [2.75, 3.05) is 11.9 Å². The monoisotopic (exact) mass is 241 g/mol. The first-order chi connectivity index (χ1) is 8.81. The second kappa shape index (κ2) is 6.10. The number of hydrogen-bond donors (Lipinski definition) is 1. The maximum Gasteiger partial charge on any atom is 0.124 e. The Bertz CT molecular complexity index is 481. The molecule has 0 spiro atoms. The Morgan fingerprint density at radius 2 is 1.67 bits per heavy atom. The Kier molecular flexibility index (Phi) is 4.24. The molecule has 2 aromatic carbocycles. The summed E-state index contributed by atoms with van der Waals surface area (Å²) in [5.41, 5.74) is 2.31. The standard InChI is InChI=1S/C16H19NO/c1-3-18-16-12-8-7-11-15(16)13(2)17-14-9-5-4-6-10-14/h4-13,17H,3H2,1-2H3. The molecule has 1 atom stereocenters. The van der Waals surface area contributed by atoms with Crippen molar-refractivity contribution in [1.29, 1.82) is 0 Å². The summed E-state index contributed by atoms with van der Waals surface area (Å²) in [7, 11) is 0.